The molecule has 4 nitrogen and oxygen atoms in total. The summed E-state index contributed by atoms with van der Waals surface area (Å²) in [5.74, 6) is 0. The minimum atomic E-state index is 0.348. The molecule has 3 atom stereocenters. The fourth-order valence-electron chi connectivity index (χ4n) is 2.89. The molecule has 2 rings (SSSR count). The maximum atomic E-state index is 5.83. The summed E-state index contributed by atoms with van der Waals surface area (Å²) in [6, 6.07) is 1.23. The zero-order valence-corrected chi connectivity index (χ0v) is 11.5. The fourth-order valence-corrected chi connectivity index (χ4v) is 2.89. The second kappa shape index (κ2) is 6.14. The van der Waals surface area contributed by atoms with Crippen molar-refractivity contribution in [1.29, 1.82) is 0 Å². The molecule has 3 unspecified atom stereocenters. The molecule has 0 radical (unpaired) electrons. The number of rotatable bonds is 4. The lowest BCUT2D eigenvalue weighted by atomic mass is 10.1. The van der Waals surface area contributed by atoms with Gasteiger partial charge in [-0.05, 0) is 40.4 Å². The van der Waals surface area contributed by atoms with Gasteiger partial charge in [0, 0.05) is 31.7 Å². The first-order valence-corrected chi connectivity index (χ1v) is 6.91. The van der Waals surface area contributed by atoms with Crippen molar-refractivity contribution in [3.63, 3.8) is 0 Å². The molecule has 4 heteroatoms. The van der Waals surface area contributed by atoms with Gasteiger partial charge < -0.3 is 15.0 Å². The van der Waals surface area contributed by atoms with Crippen LogP contribution in [0.5, 0.6) is 0 Å². The Morgan fingerprint density at radius 3 is 2.94 bits per heavy atom. The van der Waals surface area contributed by atoms with E-state index in [0.29, 0.717) is 12.1 Å². The number of hydrogen-bond donors (Lipinski definition) is 1. The first-order chi connectivity index (χ1) is 8.18. The summed E-state index contributed by atoms with van der Waals surface area (Å²) in [4.78, 5) is 4.95. The van der Waals surface area contributed by atoms with Crippen molar-refractivity contribution in [2.24, 2.45) is 0 Å². The molecule has 0 saturated carbocycles. The fraction of sp³-hybridized carbons (Fsp3) is 1.00. The topological polar surface area (TPSA) is 27.7 Å². The Labute approximate surface area is 105 Å². The first-order valence-electron chi connectivity index (χ1n) is 6.91. The third-order valence-corrected chi connectivity index (χ3v) is 4.36. The number of nitrogens with one attached hydrogen (secondary N) is 1. The van der Waals surface area contributed by atoms with Crippen LogP contribution in [0.3, 0.4) is 0 Å². The van der Waals surface area contributed by atoms with Crippen molar-refractivity contribution in [1.82, 2.24) is 15.1 Å². The SMILES string of the molecule is CC(C1CNCCO1)N(C)CC1CCCN1C. The Balaban J connectivity index is 1.79. The molecule has 0 spiro atoms. The van der Waals surface area contributed by atoms with Gasteiger partial charge in [-0.25, -0.2) is 0 Å². The standard InChI is InChI=1S/C13H27N3O/c1-11(13-9-14-6-8-17-13)16(3)10-12-5-4-7-15(12)2/h11-14H,4-10H2,1-3H3. The highest BCUT2D eigenvalue weighted by Gasteiger charge is 2.28. The number of ether oxygens (including phenoxy) is 1. The minimum absolute atomic E-state index is 0.348. The highest BCUT2D eigenvalue weighted by Crippen LogP contribution is 2.17. The van der Waals surface area contributed by atoms with Crippen LogP contribution in [-0.2, 0) is 4.74 Å². The van der Waals surface area contributed by atoms with Crippen LogP contribution in [0.15, 0.2) is 0 Å². The summed E-state index contributed by atoms with van der Waals surface area (Å²) in [6.07, 6.45) is 3.04. The van der Waals surface area contributed by atoms with Crippen LogP contribution in [0.4, 0.5) is 0 Å². The van der Waals surface area contributed by atoms with Crippen LogP contribution < -0.4 is 5.32 Å². The Hall–Kier alpha value is -0.160. The zero-order valence-electron chi connectivity index (χ0n) is 11.5. The monoisotopic (exact) mass is 241 g/mol. The van der Waals surface area contributed by atoms with E-state index in [1.54, 1.807) is 0 Å². The van der Waals surface area contributed by atoms with Crippen molar-refractivity contribution in [2.75, 3.05) is 46.9 Å². The first kappa shape index (κ1) is 13.3. The van der Waals surface area contributed by atoms with Crippen molar-refractivity contribution < 1.29 is 4.74 Å². The molecule has 100 valence electrons. The van der Waals surface area contributed by atoms with Crippen LogP contribution in [0.2, 0.25) is 0 Å². The average Bonchev–Trinajstić information content (AvgIpc) is 2.75. The van der Waals surface area contributed by atoms with E-state index in [-0.39, 0.29) is 0 Å². The maximum absolute atomic E-state index is 5.83. The van der Waals surface area contributed by atoms with E-state index in [9.17, 15) is 0 Å². The van der Waals surface area contributed by atoms with E-state index in [1.165, 1.54) is 19.4 Å². The average molecular weight is 241 g/mol. The smallest absolute Gasteiger partial charge is 0.0852 e. The summed E-state index contributed by atoms with van der Waals surface area (Å²) in [5, 5.41) is 3.41. The van der Waals surface area contributed by atoms with Gasteiger partial charge in [0.05, 0.1) is 12.7 Å². The van der Waals surface area contributed by atoms with Gasteiger partial charge in [0.25, 0.3) is 0 Å². The molecule has 2 saturated heterocycles. The van der Waals surface area contributed by atoms with Crippen molar-refractivity contribution in [3.05, 3.63) is 0 Å². The van der Waals surface area contributed by atoms with Gasteiger partial charge in [-0.2, -0.15) is 0 Å². The molecule has 17 heavy (non-hydrogen) atoms. The predicted octanol–water partition coefficient (Wildman–Crippen LogP) is 0.389. The molecule has 0 bridgehead atoms. The Morgan fingerprint density at radius 2 is 2.35 bits per heavy atom. The second-order valence-electron chi connectivity index (χ2n) is 5.57. The van der Waals surface area contributed by atoms with Crippen molar-refractivity contribution >= 4 is 0 Å². The number of hydrogen-bond acceptors (Lipinski definition) is 4. The Kier molecular flexibility index (Phi) is 4.79. The summed E-state index contributed by atoms with van der Waals surface area (Å²) in [5.41, 5.74) is 0. The highest BCUT2D eigenvalue weighted by atomic mass is 16.5. The largest absolute Gasteiger partial charge is 0.374 e. The van der Waals surface area contributed by atoms with Gasteiger partial charge in [0.15, 0.2) is 0 Å². The molecule has 2 aliphatic rings. The van der Waals surface area contributed by atoms with Crippen LogP contribution >= 0.6 is 0 Å². The highest BCUT2D eigenvalue weighted by molar-refractivity contribution is 4.84. The molecule has 2 aliphatic heterocycles. The van der Waals surface area contributed by atoms with Gasteiger partial charge in [-0.1, -0.05) is 0 Å². The molecule has 2 fully saturated rings. The van der Waals surface area contributed by atoms with Gasteiger partial charge in [-0.15, -0.1) is 0 Å². The van der Waals surface area contributed by atoms with Crippen LogP contribution in [-0.4, -0.2) is 74.9 Å². The normalized spacial score (nSPS) is 33.2. The minimum Gasteiger partial charge on any atom is -0.374 e. The molecule has 2 heterocycles. The zero-order chi connectivity index (χ0) is 12.3. The molecule has 1 N–H and O–H groups in total. The third-order valence-electron chi connectivity index (χ3n) is 4.36. The molecule has 0 amide bonds. The van der Waals surface area contributed by atoms with E-state index in [4.69, 9.17) is 4.74 Å². The molecular weight excluding hydrogens is 214 g/mol. The molecule has 0 aromatic rings. The van der Waals surface area contributed by atoms with E-state index in [0.717, 1.165) is 32.3 Å². The van der Waals surface area contributed by atoms with Gasteiger partial charge in [0.1, 0.15) is 0 Å². The van der Waals surface area contributed by atoms with Crippen LogP contribution in [0, 0.1) is 0 Å². The van der Waals surface area contributed by atoms with Crippen LogP contribution in [0.25, 0.3) is 0 Å². The number of morpholine rings is 1. The molecule has 0 aromatic carbocycles. The third kappa shape index (κ3) is 3.41. The van der Waals surface area contributed by atoms with Crippen molar-refractivity contribution in [3.8, 4) is 0 Å². The molecule has 0 aromatic heterocycles. The molecular formula is C13H27N3O. The Morgan fingerprint density at radius 1 is 1.53 bits per heavy atom. The van der Waals surface area contributed by atoms with Gasteiger partial charge in [-0.3, -0.25) is 4.90 Å². The number of nitrogens with zero attached hydrogens (tertiary/aromatic N) is 2. The Bertz CT molecular complexity index is 231. The summed E-state index contributed by atoms with van der Waals surface area (Å²) >= 11 is 0. The second-order valence-corrected chi connectivity index (χ2v) is 5.57. The lowest BCUT2D eigenvalue weighted by Crippen LogP contribution is -2.52. The number of likely N-dealkylation sites (tertiary alicyclic amines) is 1. The molecule has 0 aliphatic carbocycles. The van der Waals surface area contributed by atoms with E-state index >= 15 is 0 Å². The predicted molar refractivity (Wildman–Crippen MR) is 70.4 cm³/mol. The summed E-state index contributed by atoms with van der Waals surface area (Å²) < 4.78 is 5.83. The number of likely N-dealkylation sites (N-methyl/N-ethyl adjacent to an activating group) is 2. The van der Waals surface area contributed by atoms with E-state index in [2.05, 4.69) is 36.1 Å². The van der Waals surface area contributed by atoms with Crippen LogP contribution in [0.1, 0.15) is 19.8 Å². The summed E-state index contributed by atoms with van der Waals surface area (Å²) in [7, 11) is 4.48. The maximum Gasteiger partial charge on any atom is 0.0852 e. The lowest BCUT2D eigenvalue weighted by Gasteiger charge is -2.36. The van der Waals surface area contributed by atoms with Crippen molar-refractivity contribution in [2.45, 2.75) is 38.0 Å². The van der Waals surface area contributed by atoms with E-state index < -0.39 is 0 Å². The van der Waals surface area contributed by atoms with Gasteiger partial charge >= 0.3 is 0 Å². The van der Waals surface area contributed by atoms with E-state index in [1.807, 2.05) is 0 Å². The lowest BCUT2D eigenvalue weighted by molar-refractivity contribution is -0.0234. The summed E-state index contributed by atoms with van der Waals surface area (Å²) in [6.45, 7) is 7.55. The quantitative estimate of drug-likeness (QED) is 0.770. The van der Waals surface area contributed by atoms with Gasteiger partial charge in [0.2, 0.25) is 0 Å².